The first-order valence-electron chi connectivity index (χ1n) is 7.44. The first-order chi connectivity index (χ1) is 9.83. The van der Waals surface area contributed by atoms with Crippen molar-refractivity contribution >= 4 is 16.9 Å². The molecule has 3 N–H and O–H groups in total. The summed E-state index contributed by atoms with van der Waals surface area (Å²) in [5.74, 6) is 0.686. The second kappa shape index (κ2) is 5.99. The fourth-order valence-electron chi connectivity index (χ4n) is 2.78. The average molecular weight is 270 g/mol. The number of hydrogen-bond donors (Lipinski definition) is 2. The van der Waals surface area contributed by atoms with E-state index in [-0.39, 0.29) is 0 Å². The van der Waals surface area contributed by atoms with Crippen molar-refractivity contribution < 1.29 is 0 Å². The van der Waals surface area contributed by atoms with Crippen LogP contribution in [0.5, 0.6) is 0 Å². The van der Waals surface area contributed by atoms with Crippen LogP contribution in [0.1, 0.15) is 31.4 Å². The van der Waals surface area contributed by atoms with Crippen molar-refractivity contribution in [2.24, 2.45) is 10.7 Å². The number of aliphatic imine (C=N–C) groups is 1. The third-order valence-electron chi connectivity index (χ3n) is 3.93. The standard InChI is InChI=1S/C16H22N4/c17-16(20-9-5-1-2-6-10-20)18-12-14-11-13-7-3-4-8-15(13)19-14/h3-4,7-8,11,19H,1-2,5-6,9-10,12H2,(H2,17,18). The maximum atomic E-state index is 6.12. The second-order valence-corrected chi connectivity index (χ2v) is 5.46. The molecule has 1 aromatic carbocycles. The molecule has 0 unspecified atom stereocenters. The quantitative estimate of drug-likeness (QED) is 0.651. The van der Waals surface area contributed by atoms with Gasteiger partial charge in [-0.15, -0.1) is 0 Å². The van der Waals surface area contributed by atoms with E-state index in [1.807, 2.05) is 6.07 Å². The van der Waals surface area contributed by atoms with Crippen molar-refractivity contribution in [2.75, 3.05) is 13.1 Å². The second-order valence-electron chi connectivity index (χ2n) is 5.46. The summed E-state index contributed by atoms with van der Waals surface area (Å²) < 4.78 is 0. The van der Waals surface area contributed by atoms with E-state index < -0.39 is 0 Å². The molecule has 2 aromatic rings. The Kier molecular flexibility index (Phi) is 3.90. The molecule has 0 atom stereocenters. The lowest BCUT2D eigenvalue weighted by atomic mass is 10.2. The van der Waals surface area contributed by atoms with Gasteiger partial charge in [-0.25, -0.2) is 4.99 Å². The Bertz CT molecular complexity index is 558. The minimum atomic E-state index is 0.622. The highest BCUT2D eigenvalue weighted by Crippen LogP contribution is 2.15. The Morgan fingerprint density at radius 1 is 1.15 bits per heavy atom. The number of rotatable bonds is 2. The molecule has 106 valence electrons. The van der Waals surface area contributed by atoms with Gasteiger partial charge in [0, 0.05) is 24.3 Å². The first-order valence-corrected chi connectivity index (χ1v) is 7.44. The number of H-pyrrole nitrogens is 1. The van der Waals surface area contributed by atoms with Gasteiger partial charge in [0.1, 0.15) is 0 Å². The number of aromatic amines is 1. The van der Waals surface area contributed by atoms with Crippen molar-refractivity contribution in [3.05, 3.63) is 36.0 Å². The predicted molar refractivity (Wildman–Crippen MR) is 83.7 cm³/mol. The number of hydrogen-bond acceptors (Lipinski definition) is 1. The highest BCUT2D eigenvalue weighted by molar-refractivity contribution is 5.81. The van der Waals surface area contributed by atoms with E-state index >= 15 is 0 Å². The molecule has 2 heterocycles. The molecule has 0 radical (unpaired) electrons. The molecule has 1 fully saturated rings. The average Bonchev–Trinajstić information content (AvgIpc) is 2.69. The van der Waals surface area contributed by atoms with Crippen LogP contribution in [0.15, 0.2) is 35.3 Å². The molecule has 1 saturated heterocycles. The lowest BCUT2D eigenvalue weighted by Gasteiger charge is -2.20. The van der Waals surface area contributed by atoms with Gasteiger partial charge < -0.3 is 15.6 Å². The molecule has 1 aromatic heterocycles. The van der Waals surface area contributed by atoms with Crippen LogP contribution in [0.2, 0.25) is 0 Å². The maximum Gasteiger partial charge on any atom is 0.191 e. The Balaban J connectivity index is 1.68. The minimum Gasteiger partial charge on any atom is -0.370 e. The van der Waals surface area contributed by atoms with Crippen LogP contribution >= 0.6 is 0 Å². The Morgan fingerprint density at radius 3 is 2.65 bits per heavy atom. The summed E-state index contributed by atoms with van der Waals surface area (Å²) >= 11 is 0. The smallest absolute Gasteiger partial charge is 0.191 e. The number of nitrogens with one attached hydrogen (secondary N) is 1. The molecule has 0 aliphatic carbocycles. The monoisotopic (exact) mass is 270 g/mol. The highest BCUT2D eigenvalue weighted by atomic mass is 15.2. The molecule has 0 spiro atoms. The molecule has 4 heteroatoms. The van der Waals surface area contributed by atoms with E-state index in [1.165, 1.54) is 31.1 Å². The zero-order valence-corrected chi connectivity index (χ0v) is 11.8. The Hall–Kier alpha value is -1.97. The zero-order chi connectivity index (χ0) is 13.8. The van der Waals surface area contributed by atoms with Crippen LogP contribution in [-0.4, -0.2) is 28.9 Å². The van der Waals surface area contributed by atoms with Gasteiger partial charge in [-0.2, -0.15) is 0 Å². The molecular weight excluding hydrogens is 248 g/mol. The van der Waals surface area contributed by atoms with Crippen molar-refractivity contribution in [2.45, 2.75) is 32.2 Å². The number of fused-ring (bicyclic) bond motifs is 1. The van der Waals surface area contributed by atoms with Gasteiger partial charge in [-0.3, -0.25) is 0 Å². The number of likely N-dealkylation sites (tertiary alicyclic amines) is 1. The van der Waals surface area contributed by atoms with Crippen LogP contribution in [0.4, 0.5) is 0 Å². The Labute approximate surface area is 119 Å². The van der Waals surface area contributed by atoms with Gasteiger partial charge in [0.15, 0.2) is 5.96 Å². The van der Waals surface area contributed by atoms with E-state index in [0.717, 1.165) is 24.3 Å². The van der Waals surface area contributed by atoms with Crippen molar-refractivity contribution in [1.29, 1.82) is 0 Å². The molecule has 1 aliphatic rings. The van der Waals surface area contributed by atoms with Gasteiger partial charge in [0.2, 0.25) is 0 Å². The number of guanidine groups is 1. The summed E-state index contributed by atoms with van der Waals surface area (Å²) in [6.45, 7) is 2.71. The summed E-state index contributed by atoms with van der Waals surface area (Å²) in [5, 5.41) is 1.23. The molecule has 4 nitrogen and oxygen atoms in total. The molecule has 1 aliphatic heterocycles. The van der Waals surface area contributed by atoms with Gasteiger partial charge >= 0.3 is 0 Å². The van der Waals surface area contributed by atoms with E-state index in [0.29, 0.717) is 12.5 Å². The van der Waals surface area contributed by atoms with Gasteiger partial charge in [-0.05, 0) is 30.4 Å². The van der Waals surface area contributed by atoms with E-state index in [4.69, 9.17) is 5.73 Å². The lowest BCUT2D eigenvalue weighted by Crippen LogP contribution is -2.38. The van der Waals surface area contributed by atoms with Gasteiger partial charge in [-0.1, -0.05) is 31.0 Å². The largest absolute Gasteiger partial charge is 0.370 e. The predicted octanol–water partition coefficient (Wildman–Crippen LogP) is 2.86. The summed E-state index contributed by atoms with van der Waals surface area (Å²) in [4.78, 5) is 10.1. The summed E-state index contributed by atoms with van der Waals surface area (Å²) in [6, 6.07) is 10.4. The third kappa shape index (κ3) is 2.95. The summed E-state index contributed by atoms with van der Waals surface area (Å²) in [6.07, 6.45) is 5.07. The topological polar surface area (TPSA) is 57.4 Å². The maximum absolute atomic E-state index is 6.12. The molecular formula is C16H22N4. The molecule has 0 amide bonds. The number of nitrogens with zero attached hydrogens (tertiary/aromatic N) is 2. The molecule has 0 saturated carbocycles. The first kappa shape index (κ1) is 13.0. The number of nitrogens with two attached hydrogens (primary N) is 1. The van der Waals surface area contributed by atoms with Gasteiger partial charge in [0.25, 0.3) is 0 Å². The van der Waals surface area contributed by atoms with Crippen LogP contribution < -0.4 is 5.73 Å². The van der Waals surface area contributed by atoms with Crippen LogP contribution in [0.3, 0.4) is 0 Å². The van der Waals surface area contributed by atoms with Crippen LogP contribution in [-0.2, 0) is 6.54 Å². The van der Waals surface area contributed by atoms with Crippen molar-refractivity contribution in [3.63, 3.8) is 0 Å². The summed E-state index contributed by atoms with van der Waals surface area (Å²) in [5.41, 5.74) is 8.40. The van der Waals surface area contributed by atoms with Crippen molar-refractivity contribution in [1.82, 2.24) is 9.88 Å². The number of benzene rings is 1. The van der Waals surface area contributed by atoms with Gasteiger partial charge in [0.05, 0.1) is 6.54 Å². The van der Waals surface area contributed by atoms with Crippen molar-refractivity contribution in [3.8, 4) is 0 Å². The van der Waals surface area contributed by atoms with Crippen LogP contribution in [0, 0.1) is 0 Å². The van der Waals surface area contributed by atoms with Crippen LogP contribution in [0.25, 0.3) is 10.9 Å². The minimum absolute atomic E-state index is 0.622. The molecule has 20 heavy (non-hydrogen) atoms. The molecule has 0 bridgehead atoms. The Morgan fingerprint density at radius 2 is 1.90 bits per heavy atom. The summed E-state index contributed by atoms with van der Waals surface area (Å²) in [7, 11) is 0. The van der Waals surface area contributed by atoms with E-state index in [2.05, 4.69) is 39.1 Å². The van der Waals surface area contributed by atoms with E-state index in [9.17, 15) is 0 Å². The normalized spacial score (nSPS) is 17.4. The SMILES string of the molecule is NC(=NCc1cc2ccccc2[nH]1)N1CCCCCC1. The lowest BCUT2D eigenvalue weighted by molar-refractivity contribution is 0.428. The zero-order valence-electron chi connectivity index (χ0n) is 11.8. The number of para-hydroxylation sites is 1. The fourth-order valence-corrected chi connectivity index (χ4v) is 2.78. The molecule has 3 rings (SSSR count). The number of aromatic nitrogens is 1. The third-order valence-corrected chi connectivity index (χ3v) is 3.93. The fraction of sp³-hybridized carbons (Fsp3) is 0.438. The van der Waals surface area contributed by atoms with E-state index in [1.54, 1.807) is 0 Å². The highest BCUT2D eigenvalue weighted by Gasteiger charge is 2.10.